The van der Waals surface area contributed by atoms with Crippen LogP contribution in [0.3, 0.4) is 0 Å². The number of rotatable bonds is 6. The Morgan fingerprint density at radius 2 is 2.06 bits per heavy atom. The Morgan fingerprint density at radius 3 is 2.74 bits per heavy atom. The van der Waals surface area contributed by atoms with E-state index in [1.807, 2.05) is 20.8 Å². The van der Waals surface area contributed by atoms with Crippen LogP contribution >= 0.6 is 0 Å². The van der Waals surface area contributed by atoms with E-state index in [1.54, 1.807) is 23.0 Å². The van der Waals surface area contributed by atoms with Crippen LogP contribution in [-0.2, 0) is 4.74 Å². The molecule has 2 N–H and O–H groups in total. The summed E-state index contributed by atoms with van der Waals surface area (Å²) in [6.07, 6.45) is 3.44. The number of amidine groups is 1. The minimum absolute atomic E-state index is 0.272. The van der Waals surface area contributed by atoms with E-state index in [9.17, 15) is 4.39 Å². The topological polar surface area (TPSA) is 94.3 Å². The van der Waals surface area contributed by atoms with Crippen LogP contribution in [-0.4, -0.2) is 47.0 Å². The second kappa shape index (κ2) is 7.93. The van der Waals surface area contributed by atoms with Crippen molar-refractivity contribution in [1.29, 1.82) is 0 Å². The fourth-order valence-electron chi connectivity index (χ4n) is 3.38. The summed E-state index contributed by atoms with van der Waals surface area (Å²) in [5.74, 6) is 0.975. The zero-order chi connectivity index (χ0) is 22.2. The number of nitrogens with zero attached hydrogens (tertiary/aromatic N) is 4. The Balaban J connectivity index is 1.60. The van der Waals surface area contributed by atoms with Crippen LogP contribution in [0, 0.1) is 5.82 Å². The summed E-state index contributed by atoms with van der Waals surface area (Å²) in [7, 11) is 3.00. The summed E-state index contributed by atoms with van der Waals surface area (Å²) in [5.41, 5.74) is 1.60. The van der Waals surface area contributed by atoms with Gasteiger partial charge in [0, 0.05) is 17.8 Å². The van der Waals surface area contributed by atoms with E-state index in [0.717, 1.165) is 0 Å². The Hall–Kier alpha value is -3.56. The molecule has 0 unspecified atom stereocenters. The van der Waals surface area contributed by atoms with Gasteiger partial charge >= 0.3 is 0 Å². The monoisotopic (exact) mass is 428 g/mol. The largest absolute Gasteiger partial charge is 0.493 e. The molecule has 1 aromatic carbocycles. The molecule has 31 heavy (non-hydrogen) atoms. The molecule has 3 aromatic rings. The first-order chi connectivity index (χ1) is 14.8. The predicted octanol–water partition coefficient (Wildman–Crippen LogP) is 3.64. The van der Waals surface area contributed by atoms with E-state index in [4.69, 9.17) is 14.2 Å². The average molecular weight is 428 g/mol. The lowest BCUT2D eigenvalue weighted by molar-refractivity contribution is 0.278. The molecule has 4 rings (SSSR count). The summed E-state index contributed by atoms with van der Waals surface area (Å²) < 4.78 is 32.0. The van der Waals surface area contributed by atoms with Crippen molar-refractivity contribution < 1.29 is 18.6 Å². The fourth-order valence-corrected chi connectivity index (χ4v) is 3.38. The molecule has 0 saturated heterocycles. The van der Waals surface area contributed by atoms with E-state index < -0.39 is 5.82 Å². The minimum Gasteiger partial charge on any atom is -0.493 e. The van der Waals surface area contributed by atoms with Crippen LogP contribution in [0.25, 0.3) is 5.65 Å². The zero-order valence-corrected chi connectivity index (χ0v) is 18.1. The van der Waals surface area contributed by atoms with Gasteiger partial charge in [0.15, 0.2) is 17.1 Å². The quantitative estimate of drug-likeness (QED) is 0.619. The molecule has 2 aromatic heterocycles. The summed E-state index contributed by atoms with van der Waals surface area (Å²) in [5, 5.41) is 10.7. The Kier molecular flexibility index (Phi) is 5.30. The molecule has 0 fully saturated rings. The Bertz CT molecular complexity index is 1140. The highest BCUT2D eigenvalue weighted by atomic mass is 19.1. The van der Waals surface area contributed by atoms with Crippen molar-refractivity contribution in [2.45, 2.75) is 32.4 Å². The second-order valence-electron chi connectivity index (χ2n) is 7.88. The lowest BCUT2D eigenvalue weighted by atomic mass is 10.1. The van der Waals surface area contributed by atoms with Gasteiger partial charge in [-0.15, -0.1) is 0 Å². The first kappa shape index (κ1) is 20.7. The maximum Gasteiger partial charge on any atom is 0.290 e. The Morgan fingerprint density at radius 1 is 1.26 bits per heavy atom. The van der Waals surface area contributed by atoms with Crippen molar-refractivity contribution in [1.82, 2.24) is 14.6 Å². The number of nitrogens with one attached hydrogen (secondary N) is 2. The maximum atomic E-state index is 14.1. The van der Waals surface area contributed by atoms with Gasteiger partial charge in [0.1, 0.15) is 23.9 Å². The van der Waals surface area contributed by atoms with Crippen LogP contribution in [0.15, 0.2) is 35.6 Å². The minimum atomic E-state index is -0.410. The van der Waals surface area contributed by atoms with Crippen molar-refractivity contribution in [2.75, 3.05) is 31.5 Å². The van der Waals surface area contributed by atoms with Gasteiger partial charge in [0.2, 0.25) is 0 Å². The normalized spacial score (nSPS) is 15.9. The Labute approximate surface area is 179 Å². The van der Waals surface area contributed by atoms with Gasteiger partial charge < -0.3 is 24.8 Å². The molecule has 9 nitrogen and oxygen atoms in total. The molecule has 3 heterocycles. The molecule has 0 aliphatic carbocycles. The third-order valence-electron chi connectivity index (χ3n) is 4.88. The van der Waals surface area contributed by atoms with Gasteiger partial charge in [-0.25, -0.2) is 18.9 Å². The molecule has 10 heteroatoms. The predicted molar refractivity (Wildman–Crippen MR) is 116 cm³/mol. The van der Waals surface area contributed by atoms with E-state index in [1.165, 1.54) is 26.4 Å². The molecular formula is C21H25FN6O3. The van der Waals surface area contributed by atoms with Crippen LogP contribution in [0.5, 0.6) is 11.5 Å². The number of fused-ring (bicyclic) bond motifs is 1. The third-order valence-corrected chi connectivity index (χ3v) is 4.88. The van der Waals surface area contributed by atoms with Crippen molar-refractivity contribution in [2.24, 2.45) is 4.99 Å². The number of hydrogen-bond donors (Lipinski definition) is 2. The summed E-state index contributed by atoms with van der Waals surface area (Å²) >= 11 is 0. The summed E-state index contributed by atoms with van der Waals surface area (Å²) in [4.78, 5) is 9.15. The highest BCUT2D eigenvalue weighted by Crippen LogP contribution is 2.36. The van der Waals surface area contributed by atoms with Gasteiger partial charge in [-0.3, -0.25) is 0 Å². The number of ether oxygens (including phenoxy) is 3. The second-order valence-corrected chi connectivity index (χ2v) is 7.88. The highest BCUT2D eigenvalue weighted by Gasteiger charge is 2.27. The number of methoxy groups -OCH3 is 2. The number of halogens is 1. The van der Waals surface area contributed by atoms with Gasteiger partial charge in [-0.05, 0) is 32.9 Å². The van der Waals surface area contributed by atoms with E-state index in [-0.39, 0.29) is 11.6 Å². The average Bonchev–Trinajstić information content (AvgIpc) is 3.29. The molecule has 1 atom stereocenters. The molecular weight excluding hydrogens is 403 g/mol. The lowest BCUT2D eigenvalue weighted by Gasteiger charge is -2.20. The number of hydrogen-bond acceptors (Lipinski definition) is 8. The van der Waals surface area contributed by atoms with Crippen molar-refractivity contribution in [3.63, 3.8) is 0 Å². The smallest absolute Gasteiger partial charge is 0.290 e. The summed E-state index contributed by atoms with van der Waals surface area (Å²) in [6, 6.07) is 4.62. The van der Waals surface area contributed by atoms with Crippen molar-refractivity contribution in [3.05, 3.63) is 42.0 Å². The van der Waals surface area contributed by atoms with E-state index in [2.05, 4.69) is 25.7 Å². The molecule has 1 aliphatic heterocycles. The number of aromatic nitrogens is 3. The number of aliphatic imine (C=N–C) groups is 1. The molecule has 0 bridgehead atoms. The fraction of sp³-hybridized carbons (Fsp3) is 0.381. The maximum absolute atomic E-state index is 14.1. The SMILES string of the molecule is COc1cc(F)cc([C@@H](C)Nc2ccn3ncc(NC4=NC(C)(C)CO4)c3n2)c1OC. The first-order valence-corrected chi connectivity index (χ1v) is 9.81. The third kappa shape index (κ3) is 4.18. The van der Waals surface area contributed by atoms with Crippen LogP contribution in [0.4, 0.5) is 15.9 Å². The van der Waals surface area contributed by atoms with E-state index >= 15 is 0 Å². The van der Waals surface area contributed by atoms with E-state index in [0.29, 0.717) is 46.8 Å². The van der Waals surface area contributed by atoms with Crippen LogP contribution in [0.2, 0.25) is 0 Å². The first-order valence-electron chi connectivity index (χ1n) is 9.81. The standard InChI is InChI=1S/C21H25FN6O3/c1-12(14-8-13(22)9-16(29-4)18(14)30-5)24-17-6-7-28-19(26-17)15(10-23-28)25-20-27-21(2,3)11-31-20/h6-10,12H,11H2,1-5H3,(H,24,26)(H,25,27)/t12-/m1/s1. The molecule has 0 amide bonds. The van der Waals surface area contributed by atoms with Crippen LogP contribution in [0.1, 0.15) is 32.4 Å². The number of anilines is 2. The molecule has 0 saturated carbocycles. The molecule has 0 radical (unpaired) electrons. The van der Waals surface area contributed by atoms with Gasteiger partial charge in [-0.2, -0.15) is 5.10 Å². The highest BCUT2D eigenvalue weighted by molar-refractivity contribution is 5.94. The molecule has 1 aliphatic rings. The van der Waals surface area contributed by atoms with Gasteiger partial charge in [0.25, 0.3) is 6.02 Å². The van der Waals surface area contributed by atoms with Gasteiger partial charge in [-0.1, -0.05) is 0 Å². The van der Waals surface area contributed by atoms with Gasteiger partial charge in [0.05, 0.1) is 32.0 Å². The van der Waals surface area contributed by atoms with Crippen molar-refractivity contribution >= 4 is 23.2 Å². The lowest BCUT2D eigenvalue weighted by Crippen LogP contribution is -2.17. The van der Waals surface area contributed by atoms with Crippen LogP contribution < -0.4 is 20.1 Å². The van der Waals surface area contributed by atoms with Crippen molar-refractivity contribution in [3.8, 4) is 11.5 Å². The summed E-state index contributed by atoms with van der Waals surface area (Å²) in [6.45, 7) is 6.39. The molecule has 0 spiro atoms. The zero-order valence-electron chi connectivity index (χ0n) is 18.1. The number of benzene rings is 1. The molecule has 164 valence electrons.